The van der Waals surface area contributed by atoms with E-state index in [9.17, 15) is 19.2 Å². The summed E-state index contributed by atoms with van der Waals surface area (Å²) in [7, 11) is -0.636. The third-order valence-corrected chi connectivity index (χ3v) is 12.9. The predicted molar refractivity (Wildman–Crippen MR) is 201 cm³/mol. The van der Waals surface area contributed by atoms with E-state index in [2.05, 4.69) is 31.4 Å². The van der Waals surface area contributed by atoms with Crippen LogP contribution < -0.4 is 10.6 Å². The van der Waals surface area contributed by atoms with Crippen LogP contribution in [0, 0.1) is 22.7 Å². The van der Waals surface area contributed by atoms with Gasteiger partial charge in [0.2, 0.25) is 11.8 Å². The zero-order chi connectivity index (χ0) is 38.6. The van der Waals surface area contributed by atoms with E-state index in [0.717, 1.165) is 29.5 Å². The smallest absolute Gasteiger partial charge is 0.445 e. The number of nitrogens with one attached hydrogen (secondary N) is 2. The zero-order valence-electron chi connectivity index (χ0n) is 32.6. The monoisotopic (exact) mass is 742 g/mol. The molecule has 290 valence electrons. The fourth-order valence-electron chi connectivity index (χ4n) is 9.46. The molecular weight excluding hydrogens is 687 g/mol. The van der Waals surface area contributed by atoms with Gasteiger partial charge >= 0.3 is 19.3 Å². The Balaban J connectivity index is 1.07. The Bertz CT molecular complexity index is 1730. The van der Waals surface area contributed by atoms with Gasteiger partial charge in [-0.3, -0.25) is 14.5 Å². The first-order chi connectivity index (χ1) is 25.6. The van der Waals surface area contributed by atoms with E-state index >= 15 is 0 Å². The van der Waals surface area contributed by atoms with Gasteiger partial charge in [0.05, 0.1) is 24.2 Å². The number of carbonyl (C=O) groups is 4. The number of ether oxygens (including phenoxy) is 2. The SMILES string of the molecule is CC[C@H](NC(=O)[C@@H]1C[C@@H](OC(=O)N2Cc3ccccc3C2)CN1C(=O)[C@@H](NC(=O)OCc1ccccc1)C(C)(C)C)B1O[C@@H]2C[C@H]3C[C@H](C3(C)C)[C@]2(C)O1. The minimum Gasteiger partial charge on any atom is -0.445 e. The summed E-state index contributed by atoms with van der Waals surface area (Å²) in [6.45, 7) is 15.1. The van der Waals surface area contributed by atoms with Crippen LogP contribution in [0.25, 0.3) is 0 Å². The number of fused-ring (bicyclic) bond motifs is 1. The molecule has 2 aromatic carbocycles. The summed E-state index contributed by atoms with van der Waals surface area (Å²) in [5, 5.41) is 5.94. The van der Waals surface area contributed by atoms with Gasteiger partial charge in [-0.05, 0) is 65.5 Å². The van der Waals surface area contributed by atoms with Gasteiger partial charge in [0, 0.05) is 19.5 Å². The van der Waals surface area contributed by atoms with Gasteiger partial charge < -0.3 is 34.3 Å². The quantitative estimate of drug-likeness (QED) is 0.317. The minimum atomic E-state index is -1.04. The topological polar surface area (TPSA) is 136 Å². The van der Waals surface area contributed by atoms with Crippen LogP contribution in [0.4, 0.5) is 9.59 Å². The van der Waals surface area contributed by atoms with Crippen molar-refractivity contribution in [3.8, 4) is 0 Å². The molecule has 8 rings (SSSR count). The van der Waals surface area contributed by atoms with Crippen LogP contribution in [0.15, 0.2) is 54.6 Å². The molecule has 0 spiro atoms. The Hall–Kier alpha value is -4.10. The van der Waals surface area contributed by atoms with Crippen LogP contribution >= 0.6 is 0 Å². The highest BCUT2D eigenvalue weighted by molar-refractivity contribution is 6.47. The molecule has 2 aromatic rings. The molecule has 6 aliphatic rings. The normalized spacial score (nSPS) is 29.0. The molecule has 5 fully saturated rings. The summed E-state index contributed by atoms with van der Waals surface area (Å²) in [6.07, 6.45) is 0.640. The van der Waals surface area contributed by atoms with Crippen molar-refractivity contribution in [2.45, 2.75) is 130 Å². The molecule has 2 saturated heterocycles. The molecule has 2 N–H and O–H groups in total. The Morgan fingerprint density at radius 2 is 1.61 bits per heavy atom. The van der Waals surface area contributed by atoms with Gasteiger partial charge in [0.1, 0.15) is 24.8 Å². The molecule has 3 aliphatic heterocycles. The molecule has 13 heteroatoms. The number of rotatable bonds is 9. The lowest BCUT2D eigenvalue weighted by Crippen LogP contribution is -2.65. The van der Waals surface area contributed by atoms with Crippen molar-refractivity contribution in [3.63, 3.8) is 0 Å². The first-order valence-electron chi connectivity index (χ1n) is 19.5. The van der Waals surface area contributed by atoms with Crippen molar-refractivity contribution < 1.29 is 38.0 Å². The van der Waals surface area contributed by atoms with Crippen LogP contribution in [0.1, 0.15) is 90.8 Å². The molecule has 3 saturated carbocycles. The Morgan fingerprint density at radius 3 is 2.24 bits per heavy atom. The van der Waals surface area contributed by atoms with E-state index < -0.39 is 66.3 Å². The van der Waals surface area contributed by atoms with Gasteiger partial charge in [-0.15, -0.1) is 0 Å². The number of benzene rings is 2. The van der Waals surface area contributed by atoms with Gasteiger partial charge in [0.25, 0.3) is 0 Å². The van der Waals surface area contributed by atoms with Crippen LogP contribution in [0.5, 0.6) is 0 Å². The van der Waals surface area contributed by atoms with Crippen molar-refractivity contribution in [2.75, 3.05) is 6.54 Å². The lowest BCUT2D eigenvalue weighted by molar-refractivity contribution is -0.199. The highest BCUT2D eigenvalue weighted by atomic mass is 16.7. The van der Waals surface area contributed by atoms with Crippen molar-refractivity contribution in [1.82, 2.24) is 20.4 Å². The highest BCUT2D eigenvalue weighted by Gasteiger charge is 2.68. The van der Waals surface area contributed by atoms with E-state index in [1.54, 1.807) is 4.90 Å². The summed E-state index contributed by atoms with van der Waals surface area (Å²) < 4.78 is 24.8. The largest absolute Gasteiger partial charge is 0.481 e. The minimum absolute atomic E-state index is 0.0116. The van der Waals surface area contributed by atoms with Crippen molar-refractivity contribution in [3.05, 3.63) is 71.3 Å². The number of nitrogens with zero attached hydrogens (tertiary/aromatic N) is 2. The maximum absolute atomic E-state index is 14.6. The molecule has 0 aromatic heterocycles. The Labute approximate surface area is 319 Å². The lowest BCUT2D eigenvalue weighted by atomic mass is 9.43. The summed E-state index contributed by atoms with van der Waals surface area (Å²) >= 11 is 0. The van der Waals surface area contributed by atoms with Crippen LogP contribution in [-0.4, -0.2) is 83.3 Å². The molecule has 3 aliphatic carbocycles. The number of hydrogen-bond acceptors (Lipinski definition) is 8. The maximum Gasteiger partial charge on any atom is 0.481 e. The molecule has 2 bridgehead atoms. The molecule has 8 atom stereocenters. The fraction of sp³-hybridized carbons (Fsp3) is 0.610. The second-order valence-corrected chi connectivity index (χ2v) is 17.7. The number of amides is 4. The van der Waals surface area contributed by atoms with Crippen LogP contribution in [0.2, 0.25) is 0 Å². The number of alkyl carbamates (subject to hydrolysis) is 1. The third-order valence-electron chi connectivity index (χ3n) is 12.9. The Morgan fingerprint density at radius 1 is 0.944 bits per heavy atom. The van der Waals surface area contributed by atoms with E-state index in [4.69, 9.17) is 18.8 Å². The maximum atomic E-state index is 14.6. The molecule has 12 nitrogen and oxygen atoms in total. The summed E-state index contributed by atoms with van der Waals surface area (Å²) in [5.41, 5.74) is 1.91. The summed E-state index contributed by atoms with van der Waals surface area (Å²) in [5.74, 6) is -0.363. The van der Waals surface area contributed by atoms with E-state index in [1.165, 1.54) is 4.90 Å². The van der Waals surface area contributed by atoms with E-state index in [-0.39, 0.29) is 31.1 Å². The van der Waals surface area contributed by atoms with Crippen molar-refractivity contribution in [2.24, 2.45) is 22.7 Å². The average Bonchev–Trinajstić information content (AvgIpc) is 3.86. The predicted octanol–water partition coefficient (Wildman–Crippen LogP) is 5.61. The molecule has 4 amide bonds. The first-order valence-corrected chi connectivity index (χ1v) is 19.5. The molecule has 54 heavy (non-hydrogen) atoms. The van der Waals surface area contributed by atoms with Crippen molar-refractivity contribution >= 4 is 31.1 Å². The van der Waals surface area contributed by atoms with E-state index in [0.29, 0.717) is 31.3 Å². The number of likely N-dealkylation sites (tertiary alicyclic amines) is 1. The van der Waals surface area contributed by atoms with Gasteiger partial charge in [-0.25, -0.2) is 9.59 Å². The molecule has 0 unspecified atom stereocenters. The van der Waals surface area contributed by atoms with Gasteiger partial charge in [-0.2, -0.15) is 0 Å². The average molecular weight is 743 g/mol. The molecular formula is C41H55BN4O8. The van der Waals surface area contributed by atoms with Crippen LogP contribution in [-0.2, 0) is 48.1 Å². The number of carbonyl (C=O) groups excluding carboxylic acids is 4. The molecule has 0 radical (unpaired) electrons. The van der Waals surface area contributed by atoms with Gasteiger partial charge in [0.15, 0.2) is 0 Å². The first kappa shape index (κ1) is 38.2. The summed E-state index contributed by atoms with van der Waals surface area (Å²) in [4.78, 5) is 58.6. The third kappa shape index (κ3) is 7.21. The fourth-order valence-corrected chi connectivity index (χ4v) is 9.46. The standard InChI is InChI=1S/C41H55BN4O8/c1-8-33(42-53-32-19-28-18-31(40(28,5)6)41(32,7)54-42)43-35(47)30-20-29(52-38(50)45-21-26-16-12-13-17-27(26)22-45)23-46(30)36(48)34(39(2,3)4)44-37(49)51-24-25-14-10-9-11-15-25/h9-17,28-34H,8,18-24H2,1-7H3,(H,43,47)(H,44,49)/t28-,29-,30+,31-,32-,33+,34-,41+/m1/s1. The second kappa shape index (κ2) is 14.5. The summed E-state index contributed by atoms with van der Waals surface area (Å²) in [6, 6.07) is 15.1. The highest BCUT2D eigenvalue weighted by Crippen LogP contribution is 2.65. The van der Waals surface area contributed by atoms with Crippen molar-refractivity contribution in [1.29, 1.82) is 0 Å². The van der Waals surface area contributed by atoms with Crippen LogP contribution in [0.3, 0.4) is 0 Å². The Kier molecular flexibility index (Phi) is 10.3. The van der Waals surface area contributed by atoms with Gasteiger partial charge in [-0.1, -0.05) is 96.1 Å². The second-order valence-electron chi connectivity index (χ2n) is 17.7. The van der Waals surface area contributed by atoms with E-state index in [1.807, 2.05) is 82.3 Å². The zero-order valence-corrected chi connectivity index (χ0v) is 32.6. The molecule has 3 heterocycles. The lowest BCUT2D eigenvalue weighted by Gasteiger charge is -2.64. The number of hydrogen-bond donors (Lipinski definition) is 2.